The molecule has 0 amide bonds. The molecule has 4 nitrogen and oxygen atoms in total. The van der Waals surface area contributed by atoms with Crippen molar-refractivity contribution in [1.82, 2.24) is 0 Å². The van der Waals surface area contributed by atoms with Crippen LogP contribution in [0.5, 0.6) is 11.5 Å². The van der Waals surface area contributed by atoms with E-state index in [1.807, 2.05) is 0 Å². The number of anilines is 1. The van der Waals surface area contributed by atoms with Crippen LogP contribution in [0.15, 0.2) is 48.5 Å². The molecule has 2 aromatic carbocycles. The molecule has 0 bridgehead atoms. The molecule has 18 heavy (non-hydrogen) atoms. The highest BCUT2D eigenvalue weighted by molar-refractivity contribution is 5.91. The van der Waals surface area contributed by atoms with Gasteiger partial charge >= 0.3 is 5.97 Å². The van der Waals surface area contributed by atoms with E-state index in [9.17, 15) is 4.79 Å². The summed E-state index contributed by atoms with van der Waals surface area (Å²) in [6, 6.07) is 13.4. The molecule has 4 heteroatoms. The summed E-state index contributed by atoms with van der Waals surface area (Å²) in [5.74, 6) is 0.689. The minimum Gasteiger partial charge on any atom is -0.497 e. The number of ether oxygens (including phenoxy) is 2. The molecule has 0 atom stereocenters. The minimum atomic E-state index is -0.428. The van der Waals surface area contributed by atoms with Crippen LogP contribution in [-0.4, -0.2) is 13.1 Å². The predicted molar refractivity (Wildman–Crippen MR) is 68.8 cm³/mol. The number of esters is 1. The van der Waals surface area contributed by atoms with E-state index >= 15 is 0 Å². The SMILES string of the molecule is COc1ccc(C(=O)Oc2cccc(N)c2)cc1. The predicted octanol–water partition coefficient (Wildman–Crippen LogP) is 2.50. The lowest BCUT2D eigenvalue weighted by molar-refractivity contribution is 0.0735. The van der Waals surface area contributed by atoms with Crippen molar-refractivity contribution < 1.29 is 14.3 Å². The van der Waals surface area contributed by atoms with Crippen molar-refractivity contribution >= 4 is 11.7 Å². The lowest BCUT2D eigenvalue weighted by atomic mass is 10.2. The molecule has 0 saturated carbocycles. The number of hydrogen-bond acceptors (Lipinski definition) is 4. The van der Waals surface area contributed by atoms with Crippen molar-refractivity contribution in [2.24, 2.45) is 0 Å². The molecule has 0 aliphatic heterocycles. The molecule has 0 aliphatic carbocycles. The van der Waals surface area contributed by atoms with E-state index in [0.29, 0.717) is 22.7 Å². The van der Waals surface area contributed by atoms with E-state index < -0.39 is 5.97 Å². The summed E-state index contributed by atoms with van der Waals surface area (Å²) in [7, 11) is 1.57. The summed E-state index contributed by atoms with van der Waals surface area (Å²) >= 11 is 0. The van der Waals surface area contributed by atoms with Crippen molar-refractivity contribution in [3.8, 4) is 11.5 Å². The van der Waals surface area contributed by atoms with Gasteiger partial charge in [-0.05, 0) is 36.4 Å². The lowest BCUT2D eigenvalue weighted by Gasteiger charge is -2.05. The molecule has 0 heterocycles. The van der Waals surface area contributed by atoms with E-state index in [1.54, 1.807) is 55.6 Å². The molecular weight excluding hydrogens is 230 g/mol. The van der Waals surface area contributed by atoms with Gasteiger partial charge in [-0.2, -0.15) is 0 Å². The zero-order valence-corrected chi connectivity index (χ0v) is 9.92. The molecule has 2 aromatic rings. The monoisotopic (exact) mass is 243 g/mol. The molecule has 0 aliphatic rings. The molecule has 0 unspecified atom stereocenters. The number of nitrogens with two attached hydrogens (primary N) is 1. The maximum atomic E-state index is 11.8. The van der Waals surface area contributed by atoms with Gasteiger partial charge in [-0.25, -0.2) is 4.79 Å². The summed E-state index contributed by atoms with van der Waals surface area (Å²) in [5.41, 5.74) is 6.61. The standard InChI is InChI=1S/C14H13NO3/c1-17-12-7-5-10(6-8-12)14(16)18-13-4-2-3-11(15)9-13/h2-9H,15H2,1H3. The molecule has 0 aromatic heterocycles. The molecule has 2 rings (SSSR count). The fourth-order valence-corrected chi connectivity index (χ4v) is 1.47. The highest BCUT2D eigenvalue weighted by atomic mass is 16.5. The Bertz CT molecular complexity index is 549. The first-order valence-corrected chi connectivity index (χ1v) is 5.41. The Kier molecular flexibility index (Phi) is 3.48. The van der Waals surface area contributed by atoms with E-state index in [4.69, 9.17) is 15.2 Å². The molecule has 0 saturated heterocycles. The van der Waals surface area contributed by atoms with Gasteiger partial charge in [-0.3, -0.25) is 0 Å². The molecule has 0 spiro atoms. The first kappa shape index (κ1) is 12.0. The average Bonchev–Trinajstić information content (AvgIpc) is 2.39. The maximum absolute atomic E-state index is 11.8. The average molecular weight is 243 g/mol. The Hall–Kier alpha value is -2.49. The number of benzene rings is 2. The van der Waals surface area contributed by atoms with Crippen LogP contribution in [0.2, 0.25) is 0 Å². The van der Waals surface area contributed by atoms with E-state index in [0.717, 1.165) is 0 Å². The van der Waals surface area contributed by atoms with Crippen molar-refractivity contribution in [3.63, 3.8) is 0 Å². The smallest absolute Gasteiger partial charge is 0.343 e. The third-order valence-corrected chi connectivity index (χ3v) is 2.39. The van der Waals surface area contributed by atoms with Crippen molar-refractivity contribution in [2.45, 2.75) is 0 Å². The molecule has 0 radical (unpaired) electrons. The number of carbonyl (C=O) groups excluding carboxylic acids is 1. The van der Waals surface area contributed by atoms with E-state index in [1.165, 1.54) is 0 Å². The third kappa shape index (κ3) is 2.79. The van der Waals surface area contributed by atoms with Gasteiger partial charge in [0.1, 0.15) is 11.5 Å². The van der Waals surface area contributed by atoms with Crippen LogP contribution in [0.25, 0.3) is 0 Å². The molecular formula is C14H13NO3. The van der Waals surface area contributed by atoms with Crippen LogP contribution in [0.3, 0.4) is 0 Å². The molecule has 2 N–H and O–H groups in total. The first-order chi connectivity index (χ1) is 8.69. The summed E-state index contributed by atoms with van der Waals surface area (Å²) < 4.78 is 10.2. The fourth-order valence-electron chi connectivity index (χ4n) is 1.47. The number of rotatable bonds is 3. The van der Waals surface area contributed by atoms with Crippen LogP contribution in [0.4, 0.5) is 5.69 Å². The van der Waals surface area contributed by atoms with Gasteiger partial charge in [0.05, 0.1) is 12.7 Å². The number of hydrogen-bond donors (Lipinski definition) is 1. The molecule has 0 fully saturated rings. The lowest BCUT2D eigenvalue weighted by Crippen LogP contribution is -2.08. The van der Waals surface area contributed by atoms with Gasteiger partial charge in [-0.1, -0.05) is 6.07 Å². The normalized spacial score (nSPS) is 9.83. The summed E-state index contributed by atoms with van der Waals surface area (Å²) in [5, 5.41) is 0. The van der Waals surface area contributed by atoms with Gasteiger partial charge in [0.2, 0.25) is 0 Å². The van der Waals surface area contributed by atoms with Crippen LogP contribution < -0.4 is 15.2 Å². The van der Waals surface area contributed by atoms with Crippen LogP contribution in [0.1, 0.15) is 10.4 Å². The number of nitrogen functional groups attached to an aromatic ring is 1. The molecule has 92 valence electrons. The van der Waals surface area contributed by atoms with E-state index in [2.05, 4.69) is 0 Å². The Morgan fingerprint density at radius 1 is 1.06 bits per heavy atom. The topological polar surface area (TPSA) is 61.5 Å². The Balaban J connectivity index is 2.11. The Labute approximate surface area is 105 Å². The van der Waals surface area contributed by atoms with Gasteiger partial charge in [0.15, 0.2) is 0 Å². The van der Waals surface area contributed by atoms with Crippen molar-refractivity contribution in [3.05, 3.63) is 54.1 Å². The first-order valence-electron chi connectivity index (χ1n) is 5.41. The zero-order chi connectivity index (χ0) is 13.0. The van der Waals surface area contributed by atoms with Gasteiger partial charge in [0.25, 0.3) is 0 Å². The summed E-state index contributed by atoms with van der Waals surface area (Å²) in [4.78, 5) is 11.8. The largest absolute Gasteiger partial charge is 0.497 e. The third-order valence-electron chi connectivity index (χ3n) is 2.39. The van der Waals surface area contributed by atoms with Crippen molar-refractivity contribution in [2.75, 3.05) is 12.8 Å². The number of carbonyl (C=O) groups is 1. The second-order valence-corrected chi connectivity index (χ2v) is 3.69. The van der Waals surface area contributed by atoms with E-state index in [-0.39, 0.29) is 0 Å². The highest BCUT2D eigenvalue weighted by Gasteiger charge is 2.08. The van der Waals surface area contributed by atoms with Crippen LogP contribution >= 0.6 is 0 Å². The highest BCUT2D eigenvalue weighted by Crippen LogP contribution is 2.17. The maximum Gasteiger partial charge on any atom is 0.343 e. The minimum absolute atomic E-state index is 0.427. The second kappa shape index (κ2) is 5.23. The second-order valence-electron chi connectivity index (χ2n) is 3.69. The fraction of sp³-hybridized carbons (Fsp3) is 0.0714. The van der Waals surface area contributed by atoms with Gasteiger partial charge in [0, 0.05) is 11.8 Å². The summed E-state index contributed by atoms with van der Waals surface area (Å²) in [6.07, 6.45) is 0. The quantitative estimate of drug-likeness (QED) is 0.511. The Morgan fingerprint density at radius 2 is 1.78 bits per heavy atom. The Morgan fingerprint density at radius 3 is 2.39 bits per heavy atom. The van der Waals surface area contributed by atoms with Crippen molar-refractivity contribution in [1.29, 1.82) is 0 Å². The summed E-state index contributed by atoms with van der Waals surface area (Å²) in [6.45, 7) is 0. The zero-order valence-electron chi connectivity index (χ0n) is 9.92. The van der Waals surface area contributed by atoms with Crippen LogP contribution in [-0.2, 0) is 0 Å². The van der Waals surface area contributed by atoms with Gasteiger partial charge in [-0.15, -0.1) is 0 Å². The van der Waals surface area contributed by atoms with Gasteiger partial charge < -0.3 is 15.2 Å². The van der Waals surface area contributed by atoms with Crippen LogP contribution in [0, 0.1) is 0 Å². The number of methoxy groups -OCH3 is 1.